The Morgan fingerprint density at radius 3 is 2.71 bits per heavy atom. The Labute approximate surface area is 240 Å². The van der Waals surface area contributed by atoms with Crippen LogP contribution in [0.1, 0.15) is 22.8 Å². The molecule has 3 N–H and O–H groups in total. The summed E-state index contributed by atoms with van der Waals surface area (Å²) in [6.07, 6.45) is 1.58. The highest BCUT2D eigenvalue weighted by Crippen LogP contribution is 2.32. The molecule has 11 heteroatoms. The minimum absolute atomic E-state index is 0.0554. The molecule has 1 fully saturated rings. The van der Waals surface area contributed by atoms with Crippen molar-refractivity contribution < 1.29 is 14.3 Å². The van der Waals surface area contributed by atoms with Gasteiger partial charge in [-0.3, -0.25) is 20.0 Å². The molecule has 2 amide bonds. The van der Waals surface area contributed by atoms with Crippen LogP contribution >= 0.6 is 0 Å². The van der Waals surface area contributed by atoms with E-state index in [0.29, 0.717) is 42.5 Å². The predicted octanol–water partition coefficient (Wildman–Crippen LogP) is 2.54. The van der Waals surface area contributed by atoms with Crippen LogP contribution in [0.5, 0.6) is 0 Å². The fraction of sp³-hybridized carbons (Fsp3) is 0.400. The average molecular weight is 559 g/mol. The second-order valence-electron chi connectivity index (χ2n) is 10.6. The van der Waals surface area contributed by atoms with E-state index in [9.17, 15) is 9.59 Å². The molecule has 11 nitrogen and oxygen atoms in total. The minimum Gasteiger partial charge on any atom is -0.383 e. The van der Waals surface area contributed by atoms with E-state index in [0.717, 1.165) is 48.7 Å². The molecule has 2 aromatic carbocycles. The number of amides is 2. The third kappa shape index (κ3) is 6.41. The number of ether oxygens (including phenoxy) is 1. The number of aryl methyl sites for hydroxylation is 1. The van der Waals surface area contributed by atoms with Crippen molar-refractivity contribution in [2.24, 2.45) is 15.9 Å². The van der Waals surface area contributed by atoms with E-state index in [1.165, 1.54) is 0 Å². The van der Waals surface area contributed by atoms with Gasteiger partial charge < -0.3 is 25.2 Å². The maximum atomic E-state index is 13.2. The number of anilines is 2. The van der Waals surface area contributed by atoms with Crippen LogP contribution in [-0.2, 0) is 9.53 Å². The number of fused-ring (bicyclic) bond motifs is 1. The molecule has 216 valence electrons. The van der Waals surface area contributed by atoms with Crippen molar-refractivity contribution in [3.63, 3.8) is 0 Å². The lowest BCUT2D eigenvalue weighted by Gasteiger charge is -2.34. The minimum atomic E-state index is -0.324. The Morgan fingerprint density at radius 2 is 1.93 bits per heavy atom. The SMILES string of the molecule is COCCNC(=O)C1CN2NC=NC(=Nc3cc(NC(=O)c4cccc(N5CCN(C)CC5)c4)ccc3C)C2=C1C. The average Bonchev–Trinajstić information content (AvgIpc) is 3.32. The maximum Gasteiger partial charge on any atom is 0.255 e. The van der Waals surface area contributed by atoms with Gasteiger partial charge in [0.05, 0.1) is 24.8 Å². The summed E-state index contributed by atoms with van der Waals surface area (Å²) in [7, 11) is 3.73. The van der Waals surface area contributed by atoms with E-state index in [1.807, 2.05) is 55.3 Å². The number of nitrogens with one attached hydrogen (secondary N) is 3. The highest BCUT2D eigenvalue weighted by atomic mass is 16.5. The van der Waals surface area contributed by atoms with Crippen LogP contribution in [0, 0.1) is 12.8 Å². The van der Waals surface area contributed by atoms with Crippen molar-refractivity contribution in [1.82, 2.24) is 20.7 Å². The number of piperazine rings is 1. The molecule has 3 aliphatic heterocycles. The Hall–Kier alpha value is -4.22. The monoisotopic (exact) mass is 558 g/mol. The number of carbonyl (C=O) groups is 2. The molecular formula is C30H38N8O3. The van der Waals surface area contributed by atoms with Gasteiger partial charge in [0.1, 0.15) is 12.0 Å². The number of rotatable bonds is 8. The quantitative estimate of drug-likeness (QED) is 0.427. The molecule has 0 spiro atoms. The van der Waals surface area contributed by atoms with Gasteiger partial charge in [-0.25, -0.2) is 9.98 Å². The summed E-state index contributed by atoms with van der Waals surface area (Å²) in [4.78, 5) is 40.0. The number of aliphatic imine (C=N–C) groups is 2. The van der Waals surface area contributed by atoms with Crippen molar-refractivity contribution in [1.29, 1.82) is 0 Å². The summed E-state index contributed by atoms with van der Waals surface area (Å²) >= 11 is 0. The molecule has 1 unspecified atom stereocenters. The second-order valence-corrected chi connectivity index (χ2v) is 10.6. The van der Waals surface area contributed by atoms with E-state index in [-0.39, 0.29) is 17.7 Å². The fourth-order valence-corrected chi connectivity index (χ4v) is 5.22. The van der Waals surface area contributed by atoms with E-state index >= 15 is 0 Å². The van der Waals surface area contributed by atoms with E-state index in [2.05, 4.69) is 44.0 Å². The molecule has 3 aliphatic rings. The first-order chi connectivity index (χ1) is 19.8. The maximum absolute atomic E-state index is 13.2. The summed E-state index contributed by atoms with van der Waals surface area (Å²) in [5.74, 6) is -0.0409. The summed E-state index contributed by atoms with van der Waals surface area (Å²) in [6, 6.07) is 13.4. The lowest BCUT2D eigenvalue weighted by atomic mass is 10.0. The zero-order valence-electron chi connectivity index (χ0n) is 24.1. The van der Waals surface area contributed by atoms with Crippen molar-refractivity contribution in [2.45, 2.75) is 13.8 Å². The van der Waals surface area contributed by atoms with Crippen LogP contribution in [0.15, 0.2) is 63.7 Å². The Kier molecular flexibility index (Phi) is 8.65. The topological polar surface area (TPSA) is 114 Å². The number of hydrazine groups is 1. The third-order valence-electron chi connectivity index (χ3n) is 7.74. The van der Waals surface area contributed by atoms with Gasteiger partial charge in [0.25, 0.3) is 5.91 Å². The number of likely N-dealkylation sites (N-methyl/N-ethyl adjacent to an activating group) is 1. The van der Waals surface area contributed by atoms with Crippen LogP contribution in [0.2, 0.25) is 0 Å². The standard InChI is InChI=1S/C30H38N8O3/c1-20-8-9-23(34-29(39)22-6-5-7-24(16-22)37-13-11-36(3)12-14-37)17-26(20)35-28-27-21(2)25(18-38(27)33-19-32-28)30(40)31-10-15-41-4/h5-9,16-17,19,25H,10-15,18H2,1-4H3,(H,31,40)(H,34,39)(H,32,33,35). The molecule has 2 aromatic rings. The van der Waals surface area contributed by atoms with Gasteiger partial charge in [0.15, 0.2) is 5.84 Å². The highest BCUT2D eigenvalue weighted by molar-refractivity contribution is 6.07. The molecule has 0 bridgehead atoms. The van der Waals surface area contributed by atoms with Crippen molar-refractivity contribution in [3.8, 4) is 0 Å². The third-order valence-corrected chi connectivity index (χ3v) is 7.74. The van der Waals surface area contributed by atoms with Crippen LogP contribution in [0.4, 0.5) is 17.1 Å². The lowest BCUT2D eigenvalue weighted by Crippen LogP contribution is -2.44. The van der Waals surface area contributed by atoms with Crippen LogP contribution < -0.4 is 21.0 Å². The first kappa shape index (κ1) is 28.3. The summed E-state index contributed by atoms with van der Waals surface area (Å²) in [6.45, 7) is 9.18. The number of hydrogen-bond acceptors (Lipinski definition) is 8. The summed E-state index contributed by atoms with van der Waals surface area (Å²) in [5.41, 5.74) is 8.74. The van der Waals surface area contributed by atoms with Crippen LogP contribution in [-0.4, -0.2) is 93.9 Å². The molecule has 1 saturated heterocycles. The molecule has 3 heterocycles. The molecule has 0 aliphatic carbocycles. The molecule has 0 saturated carbocycles. The van der Waals surface area contributed by atoms with Gasteiger partial charge >= 0.3 is 0 Å². The lowest BCUT2D eigenvalue weighted by molar-refractivity contribution is -0.124. The largest absolute Gasteiger partial charge is 0.383 e. The van der Waals surface area contributed by atoms with Gasteiger partial charge in [0, 0.05) is 56.8 Å². The van der Waals surface area contributed by atoms with Gasteiger partial charge in [-0.15, -0.1) is 0 Å². The fourth-order valence-electron chi connectivity index (χ4n) is 5.22. The first-order valence-corrected chi connectivity index (χ1v) is 13.9. The normalized spacial score (nSPS) is 19.8. The molecule has 41 heavy (non-hydrogen) atoms. The number of methoxy groups -OCH3 is 1. The van der Waals surface area contributed by atoms with Gasteiger partial charge in [-0.2, -0.15) is 0 Å². The summed E-state index contributed by atoms with van der Waals surface area (Å²) in [5, 5.41) is 7.85. The number of amidine groups is 1. The number of benzene rings is 2. The van der Waals surface area contributed by atoms with Crippen molar-refractivity contribution >= 4 is 41.1 Å². The highest BCUT2D eigenvalue weighted by Gasteiger charge is 2.37. The van der Waals surface area contributed by atoms with Gasteiger partial charge in [-0.05, 0) is 62.4 Å². The molecule has 1 atom stereocenters. The Bertz CT molecular complexity index is 1390. The molecular weight excluding hydrogens is 520 g/mol. The van der Waals surface area contributed by atoms with Crippen molar-refractivity contribution in [2.75, 3.05) is 70.2 Å². The zero-order chi connectivity index (χ0) is 28.9. The van der Waals surface area contributed by atoms with E-state index < -0.39 is 0 Å². The first-order valence-electron chi connectivity index (χ1n) is 13.9. The zero-order valence-corrected chi connectivity index (χ0v) is 24.1. The Balaban J connectivity index is 1.33. The van der Waals surface area contributed by atoms with E-state index in [1.54, 1.807) is 13.4 Å². The second kappa shape index (κ2) is 12.5. The number of carbonyl (C=O) groups excluding carboxylic acids is 2. The predicted molar refractivity (Wildman–Crippen MR) is 162 cm³/mol. The van der Waals surface area contributed by atoms with Gasteiger partial charge in [-0.1, -0.05) is 12.1 Å². The number of nitrogens with zero attached hydrogens (tertiary/aromatic N) is 5. The van der Waals surface area contributed by atoms with E-state index in [4.69, 9.17) is 9.73 Å². The van der Waals surface area contributed by atoms with Crippen molar-refractivity contribution in [3.05, 3.63) is 64.9 Å². The number of hydrogen-bond donors (Lipinski definition) is 3. The summed E-state index contributed by atoms with van der Waals surface area (Å²) < 4.78 is 5.05. The van der Waals surface area contributed by atoms with Gasteiger partial charge in [0.2, 0.25) is 5.91 Å². The Morgan fingerprint density at radius 1 is 1.12 bits per heavy atom. The van der Waals surface area contributed by atoms with Crippen LogP contribution in [0.25, 0.3) is 0 Å². The molecule has 0 radical (unpaired) electrons. The molecule has 5 rings (SSSR count). The van der Waals surface area contributed by atoms with Crippen LogP contribution in [0.3, 0.4) is 0 Å². The smallest absolute Gasteiger partial charge is 0.255 e. The molecule has 0 aromatic heterocycles.